The van der Waals surface area contributed by atoms with Gasteiger partial charge < -0.3 is 20.1 Å². The topological polar surface area (TPSA) is 64.8 Å². The number of nitrogens with two attached hydrogens (primary N) is 1. The molecular formula is C16H24N2O3. The van der Waals surface area contributed by atoms with E-state index in [0.717, 1.165) is 24.9 Å². The molecule has 0 aromatic heterocycles. The lowest BCUT2D eigenvalue weighted by molar-refractivity contribution is -0.136. The summed E-state index contributed by atoms with van der Waals surface area (Å²) < 4.78 is 11.1. The minimum Gasteiger partial charge on any atom is -0.495 e. The molecule has 1 amide bonds. The number of benzene rings is 1. The molecule has 0 radical (unpaired) electrons. The van der Waals surface area contributed by atoms with Gasteiger partial charge in [0, 0.05) is 13.2 Å². The summed E-state index contributed by atoms with van der Waals surface area (Å²) in [5.74, 6) is 0.669. The summed E-state index contributed by atoms with van der Waals surface area (Å²) >= 11 is 0. The summed E-state index contributed by atoms with van der Waals surface area (Å²) in [6.45, 7) is 3.61. The fourth-order valence-corrected chi connectivity index (χ4v) is 2.67. The molecule has 0 bridgehead atoms. The Hall–Kier alpha value is -1.59. The predicted molar refractivity (Wildman–Crippen MR) is 82.6 cm³/mol. The third-order valence-corrected chi connectivity index (χ3v) is 3.88. The van der Waals surface area contributed by atoms with Gasteiger partial charge in [0.15, 0.2) is 0 Å². The fourth-order valence-electron chi connectivity index (χ4n) is 2.67. The van der Waals surface area contributed by atoms with Crippen molar-refractivity contribution in [2.45, 2.75) is 31.8 Å². The molecule has 1 aromatic carbocycles. The van der Waals surface area contributed by atoms with Crippen molar-refractivity contribution < 1.29 is 14.3 Å². The normalized spacial score (nSPS) is 21.3. The number of amides is 1. The number of methoxy groups -OCH3 is 1. The Morgan fingerprint density at radius 3 is 2.86 bits per heavy atom. The van der Waals surface area contributed by atoms with Crippen molar-refractivity contribution in [1.29, 1.82) is 0 Å². The quantitative estimate of drug-likeness (QED) is 0.870. The van der Waals surface area contributed by atoms with Crippen molar-refractivity contribution in [2.75, 3.05) is 31.7 Å². The lowest BCUT2D eigenvalue weighted by Crippen LogP contribution is -2.47. The molecule has 1 aromatic rings. The van der Waals surface area contributed by atoms with Crippen LogP contribution < -0.4 is 15.4 Å². The third kappa shape index (κ3) is 3.36. The SMILES string of the molecule is COc1ccccc1N(CCCN)C(=O)C1(C)CCCO1. The predicted octanol–water partition coefficient (Wildman–Crippen LogP) is 1.95. The lowest BCUT2D eigenvalue weighted by atomic mass is 10.00. The number of carbonyl (C=O) groups is 1. The average molecular weight is 292 g/mol. The smallest absolute Gasteiger partial charge is 0.259 e. The van der Waals surface area contributed by atoms with E-state index in [1.54, 1.807) is 12.0 Å². The first kappa shape index (κ1) is 15.8. The Morgan fingerprint density at radius 2 is 2.24 bits per heavy atom. The molecule has 5 nitrogen and oxygen atoms in total. The number of para-hydroxylation sites is 2. The van der Waals surface area contributed by atoms with Crippen molar-refractivity contribution in [2.24, 2.45) is 5.73 Å². The summed E-state index contributed by atoms with van der Waals surface area (Å²) in [5, 5.41) is 0. The van der Waals surface area contributed by atoms with Gasteiger partial charge in [-0.3, -0.25) is 4.79 Å². The van der Waals surface area contributed by atoms with Crippen LogP contribution in [0, 0.1) is 0 Å². The van der Waals surface area contributed by atoms with Crippen LogP contribution in [-0.4, -0.2) is 38.3 Å². The van der Waals surface area contributed by atoms with Crippen LogP contribution in [0.5, 0.6) is 5.75 Å². The van der Waals surface area contributed by atoms with Crippen molar-refractivity contribution in [3.05, 3.63) is 24.3 Å². The molecule has 1 heterocycles. The van der Waals surface area contributed by atoms with E-state index in [0.29, 0.717) is 25.4 Å². The van der Waals surface area contributed by atoms with E-state index in [4.69, 9.17) is 15.2 Å². The molecule has 0 aliphatic carbocycles. The Balaban J connectivity index is 2.31. The van der Waals surface area contributed by atoms with Crippen LogP contribution in [0.25, 0.3) is 0 Å². The first-order chi connectivity index (χ1) is 10.1. The van der Waals surface area contributed by atoms with Gasteiger partial charge in [0.1, 0.15) is 11.4 Å². The highest BCUT2D eigenvalue weighted by Gasteiger charge is 2.41. The van der Waals surface area contributed by atoms with Gasteiger partial charge in [-0.2, -0.15) is 0 Å². The van der Waals surface area contributed by atoms with Crippen LogP contribution >= 0.6 is 0 Å². The van der Waals surface area contributed by atoms with Gasteiger partial charge in [-0.1, -0.05) is 12.1 Å². The van der Waals surface area contributed by atoms with Crippen LogP contribution in [-0.2, 0) is 9.53 Å². The molecule has 5 heteroatoms. The second-order valence-corrected chi connectivity index (χ2v) is 5.45. The number of rotatable bonds is 6. The Labute approximate surface area is 126 Å². The molecule has 1 atom stereocenters. The molecule has 116 valence electrons. The van der Waals surface area contributed by atoms with Crippen molar-refractivity contribution >= 4 is 11.6 Å². The van der Waals surface area contributed by atoms with Crippen molar-refractivity contribution in [1.82, 2.24) is 0 Å². The van der Waals surface area contributed by atoms with Gasteiger partial charge >= 0.3 is 0 Å². The highest BCUT2D eigenvalue weighted by Crippen LogP contribution is 2.33. The maximum atomic E-state index is 12.9. The largest absolute Gasteiger partial charge is 0.495 e. The molecule has 1 unspecified atom stereocenters. The van der Waals surface area contributed by atoms with E-state index in [1.807, 2.05) is 31.2 Å². The minimum absolute atomic E-state index is 0.0158. The third-order valence-electron chi connectivity index (χ3n) is 3.88. The summed E-state index contributed by atoms with van der Waals surface area (Å²) in [7, 11) is 1.61. The number of carbonyl (C=O) groups excluding carboxylic acids is 1. The average Bonchev–Trinajstić information content (AvgIpc) is 2.96. The van der Waals surface area contributed by atoms with Crippen molar-refractivity contribution in [3.8, 4) is 5.75 Å². The zero-order chi connectivity index (χ0) is 15.3. The van der Waals surface area contributed by atoms with E-state index in [-0.39, 0.29) is 5.91 Å². The van der Waals surface area contributed by atoms with Crippen LogP contribution in [0.3, 0.4) is 0 Å². The van der Waals surface area contributed by atoms with E-state index in [1.165, 1.54) is 0 Å². The molecule has 21 heavy (non-hydrogen) atoms. The Bertz CT molecular complexity index is 484. The van der Waals surface area contributed by atoms with Crippen LogP contribution in [0.4, 0.5) is 5.69 Å². The summed E-state index contributed by atoms with van der Waals surface area (Å²) in [6, 6.07) is 7.54. The molecule has 0 saturated carbocycles. The van der Waals surface area contributed by atoms with Crippen molar-refractivity contribution in [3.63, 3.8) is 0 Å². The summed E-state index contributed by atoms with van der Waals surface area (Å²) in [6.07, 6.45) is 2.40. The van der Waals surface area contributed by atoms with E-state index < -0.39 is 5.60 Å². The second kappa shape index (κ2) is 6.91. The van der Waals surface area contributed by atoms with Crippen LogP contribution in [0.2, 0.25) is 0 Å². The zero-order valence-electron chi connectivity index (χ0n) is 12.8. The van der Waals surface area contributed by atoms with Gasteiger partial charge in [-0.05, 0) is 44.9 Å². The first-order valence-electron chi connectivity index (χ1n) is 7.41. The molecule has 2 N–H and O–H groups in total. The number of nitrogens with zero attached hydrogens (tertiary/aromatic N) is 1. The highest BCUT2D eigenvalue weighted by atomic mass is 16.5. The van der Waals surface area contributed by atoms with Gasteiger partial charge in [0.25, 0.3) is 5.91 Å². The van der Waals surface area contributed by atoms with Gasteiger partial charge in [0.2, 0.25) is 0 Å². The Morgan fingerprint density at radius 1 is 1.48 bits per heavy atom. The highest BCUT2D eigenvalue weighted by molar-refractivity contribution is 6.00. The molecular weight excluding hydrogens is 268 g/mol. The molecule has 1 saturated heterocycles. The molecule has 1 aliphatic rings. The maximum absolute atomic E-state index is 12.9. The second-order valence-electron chi connectivity index (χ2n) is 5.45. The maximum Gasteiger partial charge on any atom is 0.259 e. The molecule has 2 rings (SSSR count). The zero-order valence-corrected chi connectivity index (χ0v) is 12.8. The van der Waals surface area contributed by atoms with Crippen LogP contribution in [0.1, 0.15) is 26.2 Å². The Kier molecular flexibility index (Phi) is 5.20. The van der Waals surface area contributed by atoms with E-state index in [9.17, 15) is 4.79 Å². The van der Waals surface area contributed by atoms with Gasteiger partial charge in [-0.15, -0.1) is 0 Å². The van der Waals surface area contributed by atoms with E-state index in [2.05, 4.69) is 0 Å². The minimum atomic E-state index is -0.741. The van der Waals surface area contributed by atoms with E-state index >= 15 is 0 Å². The standard InChI is InChI=1S/C16H24N2O3/c1-16(9-5-12-21-16)15(19)18(11-6-10-17)13-7-3-4-8-14(13)20-2/h3-4,7-8H,5-6,9-12,17H2,1-2H3. The van der Waals surface area contributed by atoms with Gasteiger partial charge in [-0.25, -0.2) is 0 Å². The number of hydrogen-bond donors (Lipinski definition) is 1. The first-order valence-corrected chi connectivity index (χ1v) is 7.41. The van der Waals surface area contributed by atoms with Crippen LogP contribution in [0.15, 0.2) is 24.3 Å². The van der Waals surface area contributed by atoms with Gasteiger partial charge in [0.05, 0.1) is 12.8 Å². The molecule has 0 spiro atoms. The number of hydrogen-bond acceptors (Lipinski definition) is 4. The molecule has 1 fully saturated rings. The summed E-state index contributed by atoms with van der Waals surface area (Å²) in [5.41, 5.74) is 5.64. The monoisotopic (exact) mass is 292 g/mol. The number of ether oxygens (including phenoxy) is 2. The number of anilines is 1. The molecule has 1 aliphatic heterocycles. The fraction of sp³-hybridized carbons (Fsp3) is 0.562. The summed E-state index contributed by atoms with van der Waals surface area (Å²) in [4.78, 5) is 14.7. The lowest BCUT2D eigenvalue weighted by Gasteiger charge is -2.32.